The summed E-state index contributed by atoms with van der Waals surface area (Å²) >= 11 is 0. The fourth-order valence-electron chi connectivity index (χ4n) is 3.02. The van der Waals surface area contributed by atoms with Gasteiger partial charge in [-0.3, -0.25) is 14.4 Å². The lowest BCUT2D eigenvalue weighted by molar-refractivity contribution is 0.101. The number of H-pyrrole nitrogens is 1. The van der Waals surface area contributed by atoms with Crippen LogP contribution in [0.1, 0.15) is 64.7 Å². The van der Waals surface area contributed by atoms with Gasteiger partial charge in [-0.2, -0.15) is 5.10 Å². The number of Topliss-reactive ketones (excluding diaryl/α,β-unsaturated/α-hetero) is 1. The zero-order chi connectivity index (χ0) is 18.3. The van der Waals surface area contributed by atoms with Crippen molar-refractivity contribution in [2.45, 2.75) is 46.6 Å². The number of hydrogen-bond donors (Lipinski definition) is 2. The number of carbonyl (C=O) groups is 2. The largest absolute Gasteiger partial charge is 0.325 e. The van der Waals surface area contributed by atoms with Gasteiger partial charge >= 0.3 is 0 Å². The van der Waals surface area contributed by atoms with E-state index in [4.69, 9.17) is 0 Å². The third-order valence-electron chi connectivity index (χ3n) is 4.76. The number of aryl methyl sites for hydroxylation is 2. The summed E-state index contributed by atoms with van der Waals surface area (Å²) in [5, 5.41) is 7.16. The van der Waals surface area contributed by atoms with Gasteiger partial charge in [-0.25, -0.2) is 4.68 Å². The second-order valence-electron chi connectivity index (χ2n) is 6.76. The molecule has 2 aromatic rings. The van der Waals surface area contributed by atoms with Crippen LogP contribution in [0, 0.1) is 19.8 Å². The molecule has 7 heteroatoms. The van der Waals surface area contributed by atoms with Crippen molar-refractivity contribution >= 4 is 17.5 Å². The van der Waals surface area contributed by atoms with Crippen molar-refractivity contribution in [2.75, 3.05) is 5.32 Å². The molecule has 0 aliphatic heterocycles. The van der Waals surface area contributed by atoms with E-state index in [-0.39, 0.29) is 17.4 Å². The number of aromatic nitrogens is 3. The molecule has 0 spiro atoms. The Balaban J connectivity index is 1.93. The molecule has 0 radical (unpaired) electrons. The first kappa shape index (κ1) is 17.1. The minimum Gasteiger partial charge on any atom is -0.325 e. The molecule has 0 saturated heterocycles. The molecule has 7 nitrogen and oxygen atoms in total. The first-order chi connectivity index (χ1) is 11.8. The molecular formula is C18H22N4O3. The average Bonchev–Trinajstić information content (AvgIpc) is 3.32. The summed E-state index contributed by atoms with van der Waals surface area (Å²) < 4.78 is 1.80. The molecule has 132 valence electrons. The summed E-state index contributed by atoms with van der Waals surface area (Å²) in [7, 11) is 0. The van der Waals surface area contributed by atoms with Gasteiger partial charge in [0.05, 0.1) is 12.2 Å². The maximum absolute atomic E-state index is 12.6. The van der Waals surface area contributed by atoms with Crippen molar-refractivity contribution in [3.8, 4) is 0 Å². The summed E-state index contributed by atoms with van der Waals surface area (Å²) in [4.78, 5) is 39.1. The standard InChI is InChI=1S/C18H22N4O3/c1-9-8-19-22(11(3)13-5-6-13)16(9)21-18(25)15-7-14(12(4)23)10(2)20-17(15)24/h7-8,11,13H,5-6H2,1-4H3,(H,20,24)(H,21,25). The number of hydrogen-bond acceptors (Lipinski definition) is 4. The van der Waals surface area contributed by atoms with Gasteiger partial charge in [0.15, 0.2) is 5.78 Å². The molecule has 1 saturated carbocycles. The number of ketones is 1. The Kier molecular flexibility index (Phi) is 4.32. The molecule has 0 bridgehead atoms. The average molecular weight is 342 g/mol. The molecule has 1 atom stereocenters. The predicted molar refractivity (Wildman–Crippen MR) is 94.2 cm³/mol. The Labute approximate surface area is 145 Å². The van der Waals surface area contributed by atoms with Crippen molar-refractivity contribution in [2.24, 2.45) is 5.92 Å². The van der Waals surface area contributed by atoms with E-state index in [0.717, 1.165) is 18.4 Å². The number of amides is 1. The Morgan fingerprint density at radius 2 is 2.00 bits per heavy atom. The molecule has 2 N–H and O–H groups in total. The van der Waals surface area contributed by atoms with Gasteiger partial charge in [-0.15, -0.1) is 0 Å². The van der Waals surface area contributed by atoms with E-state index >= 15 is 0 Å². The first-order valence-electron chi connectivity index (χ1n) is 8.40. The monoisotopic (exact) mass is 342 g/mol. The summed E-state index contributed by atoms with van der Waals surface area (Å²) in [5.41, 5.74) is 1.02. The molecule has 1 aliphatic rings. The maximum Gasteiger partial charge on any atom is 0.262 e. The maximum atomic E-state index is 12.6. The number of aromatic amines is 1. The molecule has 3 rings (SSSR count). The number of nitrogens with one attached hydrogen (secondary N) is 2. The molecule has 1 aliphatic carbocycles. The van der Waals surface area contributed by atoms with E-state index in [1.807, 2.05) is 6.92 Å². The van der Waals surface area contributed by atoms with Crippen LogP contribution in [-0.2, 0) is 0 Å². The molecule has 1 amide bonds. The number of rotatable bonds is 5. The van der Waals surface area contributed by atoms with Crippen LogP contribution in [0.4, 0.5) is 5.82 Å². The van der Waals surface area contributed by atoms with Crippen LogP contribution in [0.2, 0.25) is 0 Å². The van der Waals surface area contributed by atoms with Gasteiger partial charge in [0.25, 0.3) is 11.5 Å². The lowest BCUT2D eigenvalue weighted by Gasteiger charge is -2.16. The summed E-state index contributed by atoms with van der Waals surface area (Å²) in [6.07, 6.45) is 4.02. The second-order valence-corrected chi connectivity index (χ2v) is 6.76. The Morgan fingerprint density at radius 3 is 2.60 bits per heavy atom. The van der Waals surface area contributed by atoms with Crippen LogP contribution < -0.4 is 10.9 Å². The van der Waals surface area contributed by atoms with E-state index in [0.29, 0.717) is 23.0 Å². The van der Waals surface area contributed by atoms with Crippen LogP contribution in [-0.4, -0.2) is 26.5 Å². The van der Waals surface area contributed by atoms with E-state index in [1.165, 1.54) is 13.0 Å². The van der Waals surface area contributed by atoms with Crippen molar-refractivity contribution in [3.63, 3.8) is 0 Å². The minimum absolute atomic E-state index is 0.0815. The van der Waals surface area contributed by atoms with Crippen LogP contribution in [0.3, 0.4) is 0 Å². The SMILES string of the molecule is CC(=O)c1cc(C(=O)Nc2c(C)cnn2C(C)C2CC2)c(=O)[nH]c1C. The van der Waals surface area contributed by atoms with Crippen molar-refractivity contribution in [1.82, 2.24) is 14.8 Å². The zero-order valence-electron chi connectivity index (χ0n) is 14.8. The topological polar surface area (TPSA) is 96.8 Å². The molecule has 25 heavy (non-hydrogen) atoms. The van der Waals surface area contributed by atoms with E-state index in [1.54, 1.807) is 17.8 Å². The van der Waals surface area contributed by atoms with Gasteiger partial charge in [-0.1, -0.05) is 0 Å². The highest BCUT2D eigenvalue weighted by Crippen LogP contribution is 2.40. The summed E-state index contributed by atoms with van der Waals surface area (Å²) in [6.45, 7) is 6.97. The molecule has 0 aromatic carbocycles. The van der Waals surface area contributed by atoms with Crippen molar-refractivity contribution < 1.29 is 9.59 Å². The lowest BCUT2D eigenvalue weighted by atomic mass is 10.1. The number of nitrogens with zero attached hydrogens (tertiary/aromatic N) is 2. The third-order valence-corrected chi connectivity index (χ3v) is 4.76. The van der Waals surface area contributed by atoms with Gasteiger partial charge < -0.3 is 10.3 Å². The minimum atomic E-state index is -0.545. The first-order valence-corrected chi connectivity index (χ1v) is 8.40. The Morgan fingerprint density at radius 1 is 1.32 bits per heavy atom. The van der Waals surface area contributed by atoms with Crippen LogP contribution in [0.25, 0.3) is 0 Å². The van der Waals surface area contributed by atoms with Crippen LogP contribution in [0.5, 0.6) is 0 Å². The van der Waals surface area contributed by atoms with Crippen molar-refractivity contribution in [1.29, 1.82) is 0 Å². The van der Waals surface area contributed by atoms with Crippen LogP contribution in [0.15, 0.2) is 17.1 Å². The Bertz CT molecular complexity index is 906. The summed E-state index contributed by atoms with van der Waals surface area (Å²) in [5.74, 6) is 0.416. The van der Waals surface area contributed by atoms with Gasteiger partial charge in [0.2, 0.25) is 0 Å². The lowest BCUT2D eigenvalue weighted by Crippen LogP contribution is -2.27. The van der Waals surface area contributed by atoms with E-state index < -0.39 is 11.5 Å². The zero-order valence-corrected chi connectivity index (χ0v) is 14.8. The highest BCUT2D eigenvalue weighted by Gasteiger charge is 2.31. The highest BCUT2D eigenvalue weighted by molar-refractivity contribution is 6.06. The second kappa shape index (κ2) is 6.31. The predicted octanol–water partition coefficient (Wildman–Crippen LogP) is 2.61. The number of anilines is 1. The number of pyridine rings is 1. The van der Waals surface area contributed by atoms with Gasteiger partial charge in [0.1, 0.15) is 11.4 Å². The van der Waals surface area contributed by atoms with Gasteiger partial charge in [0, 0.05) is 16.8 Å². The van der Waals surface area contributed by atoms with E-state index in [2.05, 4.69) is 22.3 Å². The third kappa shape index (κ3) is 3.26. The molecular weight excluding hydrogens is 320 g/mol. The van der Waals surface area contributed by atoms with Gasteiger partial charge in [-0.05, 0) is 52.5 Å². The normalized spacial score (nSPS) is 15.0. The molecule has 2 aromatic heterocycles. The van der Waals surface area contributed by atoms with Crippen LogP contribution >= 0.6 is 0 Å². The molecule has 1 unspecified atom stereocenters. The number of carbonyl (C=O) groups excluding carboxylic acids is 2. The fraction of sp³-hybridized carbons (Fsp3) is 0.444. The van der Waals surface area contributed by atoms with E-state index in [9.17, 15) is 14.4 Å². The quantitative estimate of drug-likeness (QED) is 0.816. The Hall–Kier alpha value is -2.70. The summed E-state index contributed by atoms with van der Waals surface area (Å²) in [6, 6.07) is 1.54. The molecule has 1 fully saturated rings. The molecule has 2 heterocycles. The van der Waals surface area contributed by atoms with Crippen molar-refractivity contribution in [3.05, 3.63) is 45.0 Å². The smallest absolute Gasteiger partial charge is 0.262 e. The highest BCUT2D eigenvalue weighted by atomic mass is 16.2. The fourth-order valence-corrected chi connectivity index (χ4v) is 3.02.